The maximum atomic E-state index is 10.5. The van der Waals surface area contributed by atoms with Gasteiger partial charge in [0.1, 0.15) is 0 Å². The molecule has 0 saturated carbocycles. The third-order valence-corrected chi connectivity index (χ3v) is 47.8. The van der Waals surface area contributed by atoms with Gasteiger partial charge in [0, 0.05) is 19.6 Å². The minimum Gasteiger partial charge on any atom is -0.481 e. The van der Waals surface area contributed by atoms with Crippen molar-refractivity contribution in [2.45, 2.75) is 122 Å². The van der Waals surface area contributed by atoms with Crippen molar-refractivity contribution in [3.8, 4) is 0 Å². The Hall–Kier alpha value is 0.0806. The molecule has 0 amide bonds. The van der Waals surface area contributed by atoms with Crippen LogP contribution in [0, 0.1) is 0 Å². The zero-order chi connectivity index (χ0) is 20.1. The first-order chi connectivity index (χ1) is 11.8. The van der Waals surface area contributed by atoms with Gasteiger partial charge in [0.2, 0.25) is 0 Å². The summed E-state index contributed by atoms with van der Waals surface area (Å²) in [6.07, 6.45) is 10.0. The Kier molecular flexibility index (Phi) is 8.83. The van der Waals surface area contributed by atoms with Crippen molar-refractivity contribution < 1.29 is 14.3 Å². The summed E-state index contributed by atoms with van der Waals surface area (Å²) in [6.45, 7) is 17.8. The second-order valence-corrected chi connectivity index (χ2v) is 37.3. The largest absolute Gasteiger partial charge is 0.481 e. The van der Waals surface area contributed by atoms with Gasteiger partial charge in [-0.15, -0.1) is 0 Å². The summed E-state index contributed by atoms with van der Waals surface area (Å²) >= 11 is 0. The number of rotatable bonds is 11. The number of aliphatic carboxylic acids is 1. The molecule has 1 fully saturated rings. The van der Waals surface area contributed by atoms with Gasteiger partial charge in [0.25, 0.3) is 0 Å². The van der Waals surface area contributed by atoms with Gasteiger partial charge in [0.15, 0.2) is 7.83 Å². The number of carbonyl (C=O) groups is 1. The highest BCUT2D eigenvalue weighted by molar-refractivity contribution is 7.67. The van der Waals surface area contributed by atoms with Crippen LogP contribution < -0.4 is 0 Å². The van der Waals surface area contributed by atoms with E-state index in [1.165, 1.54) is 50.6 Å². The molecule has 1 heterocycles. The fraction of sp³-hybridized carbons (Fsp3) is 0.950. The second kappa shape index (κ2) is 9.52. The van der Waals surface area contributed by atoms with E-state index in [1.54, 1.807) is 0 Å². The molecule has 1 aliphatic heterocycles. The van der Waals surface area contributed by atoms with E-state index in [4.69, 9.17) is 9.53 Å². The third-order valence-electron chi connectivity index (χ3n) is 7.18. The van der Waals surface area contributed by atoms with Crippen molar-refractivity contribution >= 4 is 28.5 Å². The van der Waals surface area contributed by atoms with Gasteiger partial charge < -0.3 is 9.53 Å². The highest BCUT2D eigenvalue weighted by atomic mass is 29.6. The minimum atomic E-state index is -1.59. The minimum absolute atomic E-state index is 0.106. The summed E-state index contributed by atoms with van der Waals surface area (Å²) in [5, 5.41) is 8.64. The predicted octanol–water partition coefficient (Wildman–Crippen LogP) is 6.54. The molecule has 0 aromatic heterocycles. The monoisotopic (exact) mass is 416 g/mol. The lowest BCUT2D eigenvalue weighted by Gasteiger charge is -2.59. The van der Waals surface area contributed by atoms with Crippen LogP contribution in [0.25, 0.3) is 0 Å². The maximum absolute atomic E-state index is 10.5. The highest BCUT2D eigenvalue weighted by Crippen LogP contribution is 2.45. The molecule has 1 aliphatic rings. The van der Waals surface area contributed by atoms with Gasteiger partial charge in [0.05, 0.1) is 7.11 Å². The van der Waals surface area contributed by atoms with Crippen LogP contribution in [-0.4, -0.2) is 39.2 Å². The molecule has 1 atom stereocenters. The van der Waals surface area contributed by atoms with Crippen molar-refractivity contribution in [2.24, 2.45) is 0 Å². The first-order valence-electron chi connectivity index (χ1n) is 10.8. The van der Waals surface area contributed by atoms with Crippen LogP contribution in [0.2, 0.25) is 44.8 Å². The number of carboxylic acids is 1. The number of carboxylic acid groups (broad SMARTS) is 1. The molecule has 0 aromatic rings. The number of unbranched alkanes of at least 4 members (excludes halogenated alkanes) is 7. The van der Waals surface area contributed by atoms with Crippen molar-refractivity contribution in [2.75, 3.05) is 0 Å². The predicted molar refractivity (Wildman–Crippen MR) is 121 cm³/mol. The molecule has 6 heteroatoms. The van der Waals surface area contributed by atoms with Crippen LogP contribution in [-0.2, 0) is 9.22 Å². The Balaban J connectivity index is 2.31. The Morgan fingerprint density at radius 1 is 0.885 bits per heavy atom. The fourth-order valence-corrected chi connectivity index (χ4v) is 38.5. The highest BCUT2D eigenvalue weighted by Gasteiger charge is 2.61. The topological polar surface area (TPSA) is 46.5 Å². The first kappa shape index (κ1) is 24.1. The van der Waals surface area contributed by atoms with Crippen LogP contribution in [0.3, 0.4) is 0 Å². The fourth-order valence-electron chi connectivity index (χ4n) is 4.94. The van der Waals surface area contributed by atoms with E-state index in [1.807, 2.05) is 0 Å². The first-order valence-corrected chi connectivity index (χ1v) is 21.6. The van der Waals surface area contributed by atoms with Crippen LogP contribution in [0.4, 0.5) is 0 Å². The smallest absolute Gasteiger partial charge is 0.303 e. The molecule has 1 unspecified atom stereocenters. The number of hydrogen-bond donors (Lipinski definition) is 1. The lowest BCUT2D eigenvalue weighted by Crippen LogP contribution is -2.78. The average molecular weight is 417 g/mol. The molecule has 154 valence electrons. The summed E-state index contributed by atoms with van der Waals surface area (Å²) in [5.41, 5.74) is 0.106. The summed E-state index contributed by atoms with van der Waals surface area (Å²) < 4.78 is 6.89. The molecule has 1 saturated heterocycles. The van der Waals surface area contributed by atoms with Gasteiger partial charge >= 0.3 is 5.97 Å². The summed E-state index contributed by atoms with van der Waals surface area (Å²) in [5.74, 6) is -0.659. The van der Waals surface area contributed by atoms with Crippen LogP contribution in [0.5, 0.6) is 0 Å². The second-order valence-electron chi connectivity index (χ2n) is 10.5. The molecule has 1 N–H and O–H groups in total. The van der Waals surface area contributed by atoms with E-state index in [9.17, 15) is 4.79 Å². The van der Waals surface area contributed by atoms with Gasteiger partial charge in [-0.1, -0.05) is 71.1 Å². The number of hydrogen-bond acceptors (Lipinski definition) is 2. The van der Waals surface area contributed by atoms with Crippen molar-refractivity contribution in [1.29, 1.82) is 0 Å². The lowest BCUT2D eigenvalue weighted by atomic mass is 10.1. The van der Waals surface area contributed by atoms with Gasteiger partial charge in [-0.05, 0) is 38.9 Å². The SMILES string of the molecule is CC1(C)C[Si](C)(C)[Si](C)(C)[Si](C)(CCCCCCCCCCC(=O)O)O1. The molecule has 0 bridgehead atoms. The third kappa shape index (κ3) is 6.60. The lowest BCUT2D eigenvalue weighted by molar-refractivity contribution is -0.137. The van der Waals surface area contributed by atoms with Crippen LogP contribution >= 0.6 is 0 Å². The molecular formula is C20H44O3Si3. The summed E-state index contributed by atoms with van der Waals surface area (Å²) in [6, 6.07) is 2.70. The van der Waals surface area contributed by atoms with Gasteiger partial charge in [-0.3, -0.25) is 4.79 Å². The van der Waals surface area contributed by atoms with E-state index in [0.29, 0.717) is 6.42 Å². The Bertz CT molecular complexity index is 463. The molecule has 1 rings (SSSR count). The van der Waals surface area contributed by atoms with E-state index < -0.39 is 28.5 Å². The molecule has 0 radical (unpaired) electrons. The van der Waals surface area contributed by atoms with E-state index in [0.717, 1.165) is 12.8 Å². The van der Waals surface area contributed by atoms with Crippen molar-refractivity contribution in [3.63, 3.8) is 0 Å². The maximum Gasteiger partial charge on any atom is 0.303 e. The van der Waals surface area contributed by atoms with Gasteiger partial charge in [-0.2, -0.15) is 0 Å². The van der Waals surface area contributed by atoms with E-state index >= 15 is 0 Å². The van der Waals surface area contributed by atoms with Crippen LogP contribution in [0.15, 0.2) is 0 Å². The van der Waals surface area contributed by atoms with Crippen molar-refractivity contribution in [3.05, 3.63) is 0 Å². The standard InChI is InChI=1S/C20H44O3Si3/c1-20(2)18-24(3,4)25(5,6)26(7,23-20)17-15-13-11-9-8-10-12-14-16-19(21)22/h8-18H2,1-7H3,(H,21,22). The molecular weight excluding hydrogens is 372 g/mol. The molecule has 3 nitrogen and oxygen atoms in total. The average Bonchev–Trinajstić information content (AvgIpc) is 2.45. The van der Waals surface area contributed by atoms with Crippen molar-refractivity contribution in [1.82, 2.24) is 0 Å². The zero-order valence-electron chi connectivity index (χ0n) is 18.5. The normalized spacial score (nSPS) is 26.6. The summed E-state index contributed by atoms with van der Waals surface area (Å²) in [7, 11) is -4.00. The van der Waals surface area contributed by atoms with Crippen LogP contribution in [0.1, 0.15) is 71.6 Å². The van der Waals surface area contributed by atoms with E-state index in [-0.39, 0.29) is 5.60 Å². The van der Waals surface area contributed by atoms with E-state index in [2.05, 4.69) is 46.6 Å². The molecule has 0 spiro atoms. The Morgan fingerprint density at radius 3 is 1.85 bits per heavy atom. The summed E-state index contributed by atoms with van der Waals surface area (Å²) in [4.78, 5) is 10.5. The Morgan fingerprint density at radius 2 is 1.35 bits per heavy atom. The Labute approximate surface area is 165 Å². The van der Waals surface area contributed by atoms with Gasteiger partial charge in [-0.25, -0.2) is 0 Å². The molecule has 0 aliphatic carbocycles. The quantitative estimate of drug-likeness (QED) is 0.307. The molecule has 0 aromatic carbocycles. The molecule has 26 heavy (non-hydrogen) atoms. The zero-order valence-corrected chi connectivity index (χ0v) is 21.5.